The first-order chi connectivity index (χ1) is 42.9. The third kappa shape index (κ3) is 6.56. The van der Waals surface area contributed by atoms with Gasteiger partial charge in [-0.25, -0.2) is 0 Å². The number of anilines is 6. The highest BCUT2D eigenvalue weighted by Gasteiger charge is 2.70. The van der Waals surface area contributed by atoms with Gasteiger partial charge in [0.1, 0.15) is 22.3 Å². The molecule has 0 aliphatic heterocycles. The molecule has 16 aromatic rings. The molecular weight excluding hydrogens is 1080 g/mol. The molecule has 6 heteroatoms. The van der Waals surface area contributed by atoms with Crippen LogP contribution in [0.25, 0.3) is 110 Å². The highest BCUT2D eigenvalue weighted by molar-refractivity contribution is 6.16. The van der Waals surface area contributed by atoms with Gasteiger partial charge < -0.3 is 27.5 Å². The van der Waals surface area contributed by atoms with Crippen LogP contribution in [-0.4, -0.2) is 0 Å². The largest absolute Gasteiger partial charge is 0.454 e. The van der Waals surface area contributed by atoms with Gasteiger partial charge in [0, 0.05) is 65.3 Å². The Morgan fingerprint density at radius 3 is 0.818 bits per heavy atom. The summed E-state index contributed by atoms with van der Waals surface area (Å²) < 4.78 is 28.1. The van der Waals surface area contributed by atoms with Crippen molar-refractivity contribution in [2.45, 2.75) is 52.4 Å². The van der Waals surface area contributed by atoms with Crippen molar-refractivity contribution < 1.29 is 17.7 Å². The van der Waals surface area contributed by atoms with Crippen molar-refractivity contribution in [3.05, 3.63) is 277 Å². The summed E-state index contributed by atoms with van der Waals surface area (Å²) in [4.78, 5) is 4.81. The molecule has 12 aromatic carbocycles. The summed E-state index contributed by atoms with van der Waals surface area (Å²) in [6.45, 7) is 14.9. The van der Waals surface area contributed by atoms with Crippen LogP contribution in [0, 0.1) is 10.8 Å². The number of nitrogens with zero attached hydrogens (tertiary/aromatic N) is 2. The van der Waals surface area contributed by atoms with Crippen molar-refractivity contribution in [3.8, 4) is 22.3 Å². The van der Waals surface area contributed by atoms with Gasteiger partial charge in [-0.15, -0.1) is 0 Å². The summed E-state index contributed by atoms with van der Waals surface area (Å²) in [7, 11) is 0. The Kier molecular flexibility index (Phi) is 10.4. The van der Waals surface area contributed by atoms with Gasteiger partial charge in [0.15, 0.2) is 22.3 Å². The molecule has 0 saturated carbocycles. The fourth-order valence-corrected chi connectivity index (χ4v) is 16.8. The van der Waals surface area contributed by atoms with Crippen LogP contribution >= 0.6 is 0 Å². The van der Waals surface area contributed by atoms with Crippen molar-refractivity contribution in [1.29, 1.82) is 0 Å². The van der Waals surface area contributed by atoms with E-state index >= 15 is 0 Å². The lowest BCUT2D eigenvalue weighted by Gasteiger charge is -2.62. The summed E-state index contributed by atoms with van der Waals surface area (Å²) >= 11 is 0. The molecule has 0 N–H and O–H groups in total. The number of hydrogen-bond donors (Lipinski definition) is 0. The predicted octanol–water partition coefficient (Wildman–Crippen LogP) is 23.5. The summed E-state index contributed by atoms with van der Waals surface area (Å²) in [5.74, 6) is 0. The fraction of sp³-hybridized carbons (Fsp3) is 0.122. The van der Waals surface area contributed by atoms with E-state index in [0.29, 0.717) is 0 Å². The molecule has 2 atom stereocenters. The van der Waals surface area contributed by atoms with Gasteiger partial charge in [0.2, 0.25) is 0 Å². The first-order valence-electron chi connectivity index (χ1n) is 30.6. The number of rotatable bonds is 7. The summed E-state index contributed by atoms with van der Waals surface area (Å²) in [6.07, 6.45) is 0. The van der Waals surface area contributed by atoms with E-state index in [9.17, 15) is 0 Å². The highest BCUT2D eigenvalue weighted by Crippen LogP contribution is 2.75. The zero-order chi connectivity index (χ0) is 59.0. The maximum Gasteiger partial charge on any atom is 0.159 e. The lowest BCUT2D eigenvalue weighted by Crippen LogP contribution is -2.62. The Hall–Kier alpha value is -10.6. The molecule has 0 amide bonds. The zero-order valence-electron chi connectivity index (χ0n) is 49.8. The van der Waals surface area contributed by atoms with E-state index in [1.165, 1.54) is 44.5 Å². The fourth-order valence-electron chi connectivity index (χ4n) is 16.8. The predicted molar refractivity (Wildman–Crippen MR) is 363 cm³/mol. The second-order valence-corrected chi connectivity index (χ2v) is 26.2. The van der Waals surface area contributed by atoms with E-state index in [1.54, 1.807) is 0 Å². The van der Waals surface area contributed by atoms with Gasteiger partial charge in [-0.05, 0) is 128 Å². The summed E-state index contributed by atoms with van der Waals surface area (Å²) in [5.41, 5.74) is 19.9. The summed E-state index contributed by atoms with van der Waals surface area (Å²) in [6, 6.07) is 92.8. The Balaban J connectivity index is 0.950. The number of furan rings is 4. The van der Waals surface area contributed by atoms with Crippen molar-refractivity contribution in [3.63, 3.8) is 0 Å². The van der Waals surface area contributed by atoms with Crippen LogP contribution in [0.2, 0.25) is 0 Å². The first kappa shape index (κ1) is 50.7. The standard InChI is InChI=1S/C82H60N2O4/c1-79(2,3)81(63-33-13-7-23-51(63)53-45-43-49(47-65(53)81)83(67-35-19-29-59-55-25-9-15-39-71(55)85-75(59)67)68-36-20-30-60-56-26-10-16-40-72(56)86-76(60)68)82(80(4,5)6)64-34-14-8-24-52(64)54-46-44-50(48-66(54)82)84(69-37-21-31-61-57-27-11-17-41-73(57)87-77(61)69)70-38-22-32-62-58-28-12-18-42-74(58)88-78(62)70/h7-48H,1-6H3. The third-order valence-electron chi connectivity index (χ3n) is 19.9. The van der Waals surface area contributed by atoms with E-state index in [2.05, 4.69) is 306 Å². The van der Waals surface area contributed by atoms with Crippen LogP contribution in [-0.2, 0) is 10.8 Å². The van der Waals surface area contributed by atoms with Gasteiger partial charge >= 0.3 is 0 Å². The molecule has 2 unspecified atom stereocenters. The van der Waals surface area contributed by atoms with Gasteiger partial charge in [-0.1, -0.05) is 224 Å². The third-order valence-corrected chi connectivity index (χ3v) is 19.9. The lowest BCUT2D eigenvalue weighted by atomic mass is 9.39. The molecule has 422 valence electrons. The molecule has 0 spiro atoms. The molecule has 88 heavy (non-hydrogen) atoms. The lowest BCUT2D eigenvalue weighted by molar-refractivity contribution is 0.0594. The second-order valence-electron chi connectivity index (χ2n) is 26.2. The molecule has 4 aromatic heterocycles. The monoisotopic (exact) mass is 1140 g/mol. The smallest absolute Gasteiger partial charge is 0.159 e. The first-order valence-corrected chi connectivity index (χ1v) is 30.6. The molecule has 2 aliphatic carbocycles. The van der Waals surface area contributed by atoms with E-state index in [-0.39, 0.29) is 0 Å². The van der Waals surface area contributed by atoms with Gasteiger partial charge in [0.25, 0.3) is 0 Å². The SMILES string of the molecule is CC(C)(C)C1(C2(C(C)(C)C)c3ccccc3-c3ccc(N(c4cccc5c4oc4ccccc45)c4cccc5c4oc4ccccc45)cc32)c2ccccc2-c2ccc(N(c3cccc4c3oc3ccccc34)c3cccc4c3oc3ccccc34)cc21. The van der Waals surface area contributed by atoms with E-state index in [4.69, 9.17) is 17.7 Å². The molecule has 0 saturated heterocycles. The Bertz CT molecular complexity index is 5030. The molecule has 0 fully saturated rings. The van der Waals surface area contributed by atoms with Crippen molar-refractivity contribution in [1.82, 2.24) is 0 Å². The van der Waals surface area contributed by atoms with E-state index < -0.39 is 21.7 Å². The Morgan fingerprint density at radius 1 is 0.250 bits per heavy atom. The molecular formula is C82H60N2O4. The molecule has 0 bridgehead atoms. The van der Waals surface area contributed by atoms with Gasteiger partial charge in [0.05, 0.1) is 22.7 Å². The normalized spacial score (nSPS) is 16.4. The van der Waals surface area contributed by atoms with Crippen molar-refractivity contribution >= 4 is 122 Å². The van der Waals surface area contributed by atoms with Crippen LogP contribution in [0.1, 0.15) is 63.8 Å². The van der Waals surface area contributed by atoms with Gasteiger partial charge in [-0.2, -0.15) is 0 Å². The second kappa shape index (κ2) is 18.0. The van der Waals surface area contributed by atoms with Gasteiger partial charge in [-0.3, -0.25) is 0 Å². The molecule has 0 radical (unpaired) electrons. The number of fused-ring (bicyclic) bond motifs is 18. The van der Waals surface area contributed by atoms with Crippen LogP contribution < -0.4 is 9.80 Å². The minimum absolute atomic E-state index is 0.466. The van der Waals surface area contributed by atoms with Crippen LogP contribution in [0.15, 0.2) is 272 Å². The van der Waals surface area contributed by atoms with Crippen LogP contribution in [0.4, 0.5) is 34.1 Å². The highest BCUT2D eigenvalue weighted by atomic mass is 16.3. The molecule has 6 nitrogen and oxygen atoms in total. The molecule has 4 heterocycles. The Labute approximate surface area is 509 Å². The van der Waals surface area contributed by atoms with Crippen molar-refractivity contribution in [2.24, 2.45) is 10.8 Å². The van der Waals surface area contributed by atoms with Crippen LogP contribution in [0.3, 0.4) is 0 Å². The maximum absolute atomic E-state index is 7.02. The summed E-state index contributed by atoms with van der Waals surface area (Å²) in [5, 5.41) is 8.50. The minimum atomic E-state index is -0.759. The molecule has 2 aliphatic rings. The Morgan fingerprint density at radius 2 is 0.511 bits per heavy atom. The number of para-hydroxylation sites is 8. The topological polar surface area (TPSA) is 59.0 Å². The van der Waals surface area contributed by atoms with Crippen molar-refractivity contribution in [2.75, 3.05) is 9.80 Å². The molecule has 18 rings (SSSR count). The van der Waals surface area contributed by atoms with E-state index in [0.717, 1.165) is 122 Å². The number of benzene rings is 12. The zero-order valence-corrected chi connectivity index (χ0v) is 49.8. The number of hydrogen-bond acceptors (Lipinski definition) is 6. The minimum Gasteiger partial charge on any atom is -0.454 e. The van der Waals surface area contributed by atoms with E-state index in [1.807, 2.05) is 0 Å². The van der Waals surface area contributed by atoms with Crippen LogP contribution in [0.5, 0.6) is 0 Å². The quantitative estimate of drug-likeness (QED) is 0.158. The average molecular weight is 1140 g/mol. The average Bonchev–Trinajstić information content (AvgIpc) is 1.40. The maximum atomic E-state index is 7.02.